The number of hydrogen-bond acceptors (Lipinski definition) is 2. The van der Waals surface area contributed by atoms with Gasteiger partial charge in [0.1, 0.15) is 11.5 Å². The summed E-state index contributed by atoms with van der Waals surface area (Å²) in [6, 6.07) is 13.7. The van der Waals surface area contributed by atoms with E-state index in [1.54, 1.807) is 7.11 Å². The number of alkyl halides is 1. The Morgan fingerprint density at radius 1 is 1.10 bits per heavy atom. The van der Waals surface area contributed by atoms with Crippen LogP contribution in [0.2, 0.25) is 0 Å². The third-order valence-electron chi connectivity index (χ3n) is 2.99. The number of hydrogen-bond donors (Lipinski definition) is 0. The molecule has 0 saturated carbocycles. The fourth-order valence-electron chi connectivity index (χ4n) is 2.10. The van der Waals surface area contributed by atoms with Crippen molar-refractivity contribution in [3.05, 3.63) is 58.1 Å². The molecule has 0 bridgehead atoms. The fraction of sp³-hybridized carbons (Fsp3) is 0.294. The first-order valence-corrected chi connectivity index (χ1v) is 7.98. The standard InChI is InChI=1S/C17H18BrClO2/c1-11(2)21-14-6-4-5-12(9-14)17(19)15-10-13(18)7-8-16(15)20-3/h4-11,17H,1-3H3. The maximum Gasteiger partial charge on any atom is 0.123 e. The topological polar surface area (TPSA) is 18.5 Å². The normalized spacial score (nSPS) is 12.3. The molecule has 0 fully saturated rings. The van der Waals surface area contributed by atoms with Crippen LogP contribution in [-0.4, -0.2) is 13.2 Å². The lowest BCUT2D eigenvalue weighted by atomic mass is 10.0. The second kappa shape index (κ2) is 7.19. The Morgan fingerprint density at radius 2 is 1.86 bits per heavy atom. The van der Waals surface area contributed by atoms with Gasteiger partial charge in [0.15, 0.2) is 0 Å². The highest BCUT2D eigenvalue weighted by Gasteiger charge is 2.17. The first-order valence-electron chi connectivity index (χ1n) is 6.75. The molecule has 0 heterocycles. The van der Waals surface area contributed by atoms with Crippen LogP contribution in [0.3, 0.4) is 0 Å². The number of benzene rings is 2. The van der Waals surface area contributed by atoms with Gasteiger partial charge in [-0.25, -0.2) is 0 Å². The summed E-state index contributed by atoms with van der Waals surface area (Å²) in [6.45, 7) is 4.00. The summed E-state index contributed by atoms with van der Waals surface area (Å²) in [6.07, 6.45) is 0.134. The van der Waals surface area contributed by atoms with Gasteiger partial charge in [0.05, 0.1) is 18.6 Å². The molecule has 0 amide bonds. The van der Waals surface area contributed by atoms with E-state index in [9.17, 15) is 0 Å². The lowest BCUT2D eigenvalue weighted by molar-refractivity contribution is 0.242. The first-order chi connectivity index (χ1) is 10.0. The SMILES string of the molecule is COc1ccc(Br)cc1C(Cl)c1cccc(OC(C)C)c1. The highest BCUT2D eigenvalue weighted by atomic mass is 79.9. The Bertz CT molecular complexity index is 613. The lowest BCUT2D eigenvalue weighted by Crippen LogP contribution is -2.06. The summed E-state index contributed by atoms with van der Waals surface area (Å²) in [4.78, 5) is 0. The Hall–Kier alpha value is -1.19. The van der Waals surface area contributed by atoms with Gasteiger partial charge in [0, 0.05) is 10.0 Å². The summed E-state index contributed by atoms with van der Waals surface area (Å²) in [5, 5.41) is -0.298. The summed E-state index contributed by atoms with van der Waals surface area (Å²) >= 11 is 10.1. The lowest BCUT2D eigenvalue weighted by Gasteiger charge is -2.16. The van der Waals surface area contributed by atoms with Crippen LogP contribution >= 0.6 is 27.5 Å². The minimum atomic E-state index is -0.298. The molecule has 0 aliphatic carbocycles. The second-order valence-electron chi connectivity index (χ2n) is 4.99. The van der Waals surface area contributed by atoms with E-state index in [-0.39, 0.29) is 11.5 Å². The molecule has 2 nitrogen and oxygen atoms in total. The Labute approximate surface area is 139 Å². The zero-order valence-corrected chi connectivity index (χ0v) is 14.6. The number of halogens is 2. The largest absolute Gasteiger partial charge is 0.496 e. The van der Waals surface area contributed by atoms with Crippen LogP contribution in [0.4, 0.5) is 0 Å². The van der Waals surface area contributed by atoms with Gasteiger partial charge in [0.25, 0.3) is 0 Å². The van der Waals surface area contributed by atoms with Gasteiger partial charge in [-0.1, -0.05) is 28.1 Å². The minimum absolute atomic E-state index is 0.134. The van der Waals surface area contributed by atoms with Gasteiger partial charge < -0.3 is 9.47 Å². The predicted octanol–water partition coefficient (Wildman–Crippen LogP) is 5.57. The molecule has 0 aliphatic heterocycles. The van der Waals surface area contributed by atoms with E-state index in [0.717, 1.165) is 27.1 Å². The van der Waals surface area contributed by atoms with E-state index in [4.69, 9.17) is 21.1 Å². The first kappa shape index (κ1) is 16.2. The van der Waals surface area contributed by atoms with E-state index >= 15 is 0 Å². The van der Waals surface area contributed by atoms with E-state index in [2.05, 4.69) is 15.9 Å². The molecule has 1 unspecified atom stereocenters. The molecule has 112 valence electrons. The van der Waals surface area contributed by atoms with Crippen LogP contribution in [0.15, 0.2) is 46.9 Å². The zero-order chi connectivity index (χ0) is 15.4. The molecule has 2 rings (SSSR count). The number of methoxy groups -OCH3 is 1. The molecule has 1 atom stereocenters. The number of rotatable bonds is 5. The fourth-order valence-corrected chi connectivity index (χ4v) is 2.79. The van der Waals surface area contributed by atoms with E-state index < -0.39 is 0 Å². The molecule has 0 N–H and O–H groups in total. The maximum atomic E-state index is 6.64. The molecule has 0 radical (unpaired) electrons. The third kappa shape index (κ3) is 4.14. The third-order valence-corrected chi connectivity index (χ3v) is 3.97. The van der Waals surface area contributed by atoms with Crippen molar-refractivity contribution in [1.29, 1.82) is 0 Å². The summed E-state index contributed by atoms with van der Waals surface area (Å²) < 4.78 is 12.1. The van der Waals surface area contributed by atoms with Gasteiger partial charge in [-0.3, -0.25) is 0 Å². The van der Waals surface area contributed by atoms with Gasteiger partial charge in [0.2, 0.25) is 0 Å². The maximum absolute atomic E-state index is 6.64. The Kier molecular flexibility index (Phi) is 5.54. The van der Waals surface area contributed by atoms with Crippen molar-refractivity contribution in [3.63, 3.8) is 0 Å². The van der Waals surface area contributed by atoms with Crippen LogP contribution in [0.25, 0.3) is 0 Å². The molecule has 4 heteroatoms. The highest BCUT2D eigenvalue weighted by Crippen LogP contribution is 2.37. The Balaban J connectivity index is 2.35. The van der Waals surface area contributed by atoms with Crippen LogP contribution in [0.5, 0.6) is 11.5 Å². The predicted molar refractivity (Wildman–Crippen MR) is 90.6 cm³/mol. The monoisotopic (exact) mass is 368 g/mol. The average Bonchev–Trinajstić information content (AvgIpc) is 2.46. The zero-order valence-electron chi connectivity index (χ0n) is 12.3. The smallest absolute Gasteiger partial charge is 0.123 e. The van der Waals surface area contributed by atoms with E-state index in [1.165, 1.54) is 0 Å². The summed E-state index contributed by atoms with van der Waals surface area (Å²) in [5.41, 5.74) is 1.90. The molecule has 0 aliphatic rings. The molecule has 2 aromatic rings. The summed E-state index contributed by atoms with van der Waals surface area (Å²) in [7, 11) is 1.65. The van der Waals surface area contributed by atoms with E-state index in [0.29, 0.717) is 0 Å². The van der Waals surface area contributed by atoms with Crippen molar-refractivity contribution in [1.82, 2.24) is 0 Å². The van der Waals surface area contributed by atoms with Crippen LogP contribution in [-0.2, 0) is 0 Å². The van der Waals surface area contributed by atoms with Crippen molar-refractivity contribution >= 4 is 27.5 Å². The van der Waals surface area contributed by atoms with E-state index in [1.807, 2.05) is 56.3 Å². The van der Waals surface area contributed by atoms with Gasteiger partial charge in [-0.05, 0) is 49.7 Å². The molecule has 0 spiro atoms. The molecule has 2 aromatic carbocycles. The van der Waals surface area contributed by atoms with Crippen LogP contribution < -0.4 is 9.47 Å². The molecular weight excluding hydrogens is 352 g/mol. The molecule has 21 heavy (non-hydrogen) atoms. The average molecular weight is 370 g/mol. The molecule has 0 saturated heterocycles. The van der Waals surface area contributed by atoms with Crippen molar-refractivity contribution in [2.45, 2.75) is 25.3 Å². The van der Waals surface area contributed by atoms with Crippen molar-refractivity contribution in [3.8, 4) is 11.5 Å². The van der Waals surface area contributed by atoms with Crippen LogP contribution in [0, 0.1) is 0 Å². The Morgan fingerprint density at radius 3 is 2.52 bits per heavy atom. The van der Waals surface area contributed by atoms with Crippen molar-refractivity contribution in [2.24, 2.45) is 0 Å². The van der Waals surface area contributed by atoms with Crippen LogP contribution in [0.1, 0.15) is 30.4 Å². The number of ether oxygens (including phenoxy) is 2. The molecular formula is C17H18BrClO2. The second-order valence-corrected chi connectivity index (χ2v) is 6.34. The quantitative estimate of drug-likeness (QED) is 0.641. The van der Waals surface area contributed by atoms with Gasteiger partial charge in [-0.2, -0.15) is 0 Å². The molecule has 0 aromatic heterocycles. The van der Waals surface area contributed by atoms with Gasteiger partial charge in [-0.15, -0.1) is 11.6 Å². The minimum Gasteiger partial charge on any atom is -0.496 e. The van der Waals surface area contributed by atoms with Gasteiger partial charge >= 0.3 is 0 Å². The summed E-state index contributed by atoms with van der Waals surface area (Å²) in [5.74, 6) is 1.59. The highest BCUT2D eigenvalue weighted by molar-refractivity contribution is 9.10. The van der Waals surface area contributed by atoms with Crippen molar-refractivity contribution in [2.75, 3.05) is 7.11 Å². The van der Waals surface area contributed by atoms with Crippen molar-refractivity contribution < 1.29 is 9.47 Å².